The van der Waals surface area contributed by atoms with Crippen LogP contribution < -0.4 is 4.52 Å². The van der Waals surface area contributed by atoms with Gasteiger partial charge < -0.3 is 14.3 Å². The second kappa shape index (κ2) is 6.57. The van der Waals surface area contributed by atoms with Crippen LogP contribution in [0.2, 0.25) is 0 Å². The second-order valence-corrected chi connectivity index (χ2v) is 6.69. The molecule has 0 amide bonds. The van der Waals surface area contributed by atoms with E-state index in [4.69, 9.17) is 14.3 Å². The Hall–Kier alpha value is -1.74. The molecule has 0 fully saturated rings. The second-order valence-electron chi connectivity index (χ2n) is 6.00. The zero-order chi connectivity index (χ0) is 16.3. The van der Waals surface area contributed by atoms with Crippen molar-refractivity contribution in [1.29, 1.82) is 0 Å². The first-order chi connectivity index (χ1) is 10.3. The van der Waals surface area contributed by atoms with Crippen LogP contribution in [0.15, 0.2) is 48.5 Å². The molecule has 0 saturated heterocycles. The van der Waals surface area contributed by atoms with E-state index in [9.17, 15) is 4.79 Å². The molecule has 0 spiro atoms. The fourth-order valence-electron chi connectivity index (χ4n) is 2.18. The molecule has 116 valence electrons. The zero-order valence-corrected chi connectivity index (χ0v) is 13.7. The van der Waals surface area contributed by atoms with E-state index in [2.05, 4.69) is 0 Å². The molecule has 2 N–H and O–H groups in total. The van der Waals surface area contributed by atoms with Crippen LogP contribution >= 0.6 is 8.60 Å². The molecular weight excluding hydrogens is 299 g/mol. The largest absolute Gasteiger partial charge is 0.427 e. The van der Waals surface area contributed by atoms with Crippen LogP contribution in [0, 0.1) is 0 Å². The van der Waals surface area contributed by atoms with Crippen molar-refractivity contribution in [3.05, 3.63) is 65.2 Å². The summed E-state index contributed by atoms with van der Waals surface area (Å²) < 4.78 is 5.08. The van der Waals surface area contributed by atoms with Crippen molar-refractivity contribution in [1.82, 2.24) is 0 Å². The predicted molar refractivity (Wildman–Crippen MR) is 87.0 cm³/mol. The topological polar surface area (TPSA) is 66.8 Å². The van der Waals surface area contributed by atoms with Crippen LogP contribution in [-0.2, 0) is 5.41 Å². The van der Waals surface area contributed by atoms with Gasteiger partial charge in [-0.25, -0.2) is 0 Å². The first kappa shape index (κ1) is 16.6. The van der Waals surface area contributed by atoms with Gasteiger partial charge in [-0.2, -0.15) is 0 Å². The Morgan fingerprint density at radius 3 is 2.18 bits per heavy atom. The third-order valence-electron chi connectivity index (χ3n) is 3.27. The van der Waals surface area contributed by atoms with Crippen molar-refractivity contribution in [2.24, 2.45) is 0 Å². The minimum atomic E-state index is -2.49. The van der Waals surface area contributed by atoms with E-state index < -0.39 is 8.60 Å². The predicted octanol–water partition coefficient (Wildman–Crippen LogP) is 3.81. The monoisotopic (exact) mass is 318 g/mol. The van der Waals surface area contributed by atoms with Crippen LogP contribution in [0.4, 0.5) is 0 Å². The summed E-state index contributed by atoms with van der Waals surface area (Å²) in [6, 6.07) is 14.0. The van der Waals surface area contributed by atoms with E-state index in [1.807, 2.05) is 39.0 Å². The lowest BCUT2D eigenvalue weighted by molar-refractivity contribution is 0.103. The van der Waals surface area contributed by atoms with E-state index >= 15 is 0 Å². The van der Waals surface area contributed by atoms with Gasteiger partial charge in [-0.15, -0.1) is 0 Å². The Labute approximate surface area is 131 Å². The lowest BCUT2D eigenvalue weighted by Gasteiger charge is -2.23. The first-order valence-corrected chi connectivity index (χ1v) is 8.05. The molecule has 0 atom stereocenters. The van der Waals surface area contributed by atoms with Crippen LogP contribution in [0.5, 0.6) is 5.75 Å². The third kappa shape index (κ3) is 3.92. The summed E-state index contributed by atoms with van der Waals surface area (Å²) in [7, 11) is -2.49. The number of carbonyl (C=O) groups is 1. The summed E-state index contributed by atoms with van der Waals surface area (Å²) in [4.78, 5) is 30.7. The molecule has 0 aliphatic carbocycles. The quantitative estimate of drug-likeness (QED) is 0.664. The minimum Gasteiger partial charge on any atom is -0.427 e. The van der Waals surface area contributed by atoms with Gasteiger partial charge in [0.05, 0.1) is 0 Å². The van der Waals surface area contributed by atoms with Crippen molar-refractivity contribution in [2.45, 2.75) is 26.2 Å². The number of hydrogen-bond donors (Lipinski definition) is 2. The van der Waals surface area contributed by atoms with Crippen LogP contribution in [0.3, 0.4) is 0 Å². The Morgan fingerprint density at radius 2 is 1.64 bits per heavy atom. The zero-order valence-electron chi connectivity index (χ0n) is 12.8. The molecule has 0 unspecified atom stereocenters. The Kier molecular flexibility index (Phi) is 4.97. The number of rotatable bonds is 4. The SMILES string of the molecule is CC(C)(C)c1cc(C(=O)c2ccccc2)ccc1OP(O)O. The van der Waals surface area contributed by atoms with Gasteiger partial charge in [0.2, 0.25) is 0 Å². The molecule has 0 aliphatic heterocycles. The molecule has 0 radical (unpaired) electrons. The number of ketones is 1. The average Bonchev–Trinajstić information content (AvgIpc) is 2.46. The van der Waals surface area contributed by atoms with Gasteiger partial charge in [-0.05, 0) is 23.6 Å². The van der Waals surface area contributed by atoms with Gasteiger partial charge in [0.15, 0.2) is 5.78 Å². The summed E-state index contributed by atoms with van der Waals surface area (Å²) >= 11 is 0. The fraction of sp³-hybridized carbons (Fsp3) is 0.235. The molecule has 22 heavy (non-hydrogen) atoms. The van der Waals surface area contributed by atoms with Crippen molar-refractivity contribution in [2.75, 3.05) is 0 Å². The Morgan fingerprint density at radius 1 is 1.00 bits per heavy atom. The van der Waals surface area contributed by atoms with E-state index in [-0.39, 0.29) is 11.2 Å². The van der Waals surface area contributed by atoms with Gasteiger partial charge in [0.1, 0.15) is 5.75 Å². The number of carbonyl (C=O) groups excluding carboxylic acids is 1. The highest BCUT2D eigenvalue weighted by atomic mass is 31.2. The fourth-order valence-corrected chi connectivity index (χ4v) is 2.52. The van der Waals surface area contributed by atoms with E-state index in [0.717, 1.165) is 5.56 Å². The molecule has 0 bridgehead atoms. The first-order valence-electron chi connectivity index (χ1n) is 6.89. The van der Waals surface area contributed by atoms with Gasteiger partial charge in [-0.1, -0.05) is 51.1 Å². The standard InChI is InChI=1S/C17H19O4P/c1-17(2,3)14-11-13(9-10-15(14)21-22(19)20)16(18)12-7-5-4-6-8-12/h4-11,19-20H,1-3H3. The van der Waals surface area contributed by atoms with Crippen LogP contribution in [0.1, 0.15) is 42.3 Å². The molecule has 2 aromatic rings. The molecule has 2 aromatic carbocycles. The molecule has 2 rings (SSSR count). The molecule has 5 heteroatoms. The van der Waals surface area contributed by atoms with E-state index in [1.165, 1.54) is 0 Å². The summed E-state index contributed by atoms with van der Waals surface area (Å²) in [6.45, 7) is 5.93. The van der Waals surface area contributed by atoms with Crippen molar-refractivity contribution >= 4 is 14.4 Å². The lowest BCUT2D eigenvalue weighted by atomic mass is 9.84. The third-order valence-corrected chi connectivity index (χ3v) is 3.63. The normalized spacial score (nSPS) is 11.5. The van der Waals surface area contributed by atoms with Crippen LogP contribution in [0.25, 0.3) is 0 Å². The highest BCUT2D eigenvalue weighted by Crippen LogP contribution is 2.38. The molecule has 0 aromatic heterocycles. The van der Waals surface area contributed by atoms with Crippen LogP contribution in [-0.4, -0.2) is 15.6 Å². The maximum absolute atomic E-state index is 12.5. The van der Waals surface area contributed by atoms with Gasteiger partial charge in [-0.3, -0.25) is 4.79 Å². The van der Waals surface area contributed by atoms with Gasteiger partial charge in [0.25, 0.3) is 0 Å². The molecule has 4 nitrogen and oxygen atoms in total. The highest BCUT2D eigenvalue weighted by molar-refractivity contribution is 7.39. The summed E-state index contributed by atoms with van der Waals surface area (Å²) in [5, 5.41) is 0. The number of hydrogen-bond acceptors (Lipinski definition) is 4. The average molecular weight is 318 g/mol. The maximum Gasteiger partial charge on any atom is 0.391 e. The minimum absolute atomic E-state index is 0.0760. The van der Waals surface area contributed by atoms with Crippen molar-refractivity contribution in [3.8, 4) is 5.75 Å². The Bertz CT molecular complexity index is 660. The molecular formula is C17H19O4P. The van der Waals surface area contributed by atoms with Crippen molar-refractivity contribution in [3.63, 3.8) is 0 Å². The van der Waals surface area contributed by atoms with Gasteiger partial charge >= 0.3 is 8.60 Å². The highest BCUT2D eigenvalue weighted by Gasteiger charge is 2.23. The summed E-state index contributed by atoms with van der Waals surface area (Å²) in [6.07, 6.45) is 0. The molecule has 0 aliphatic rings. The lowest BCUT2D eigenvalue weighted by Crippen LogP contribution is -2.14. The van der Waals surface area contributed by atoms with Crippen molar-refractivity contribution < 1.29 is 19.1 Å². The Balaban J connectivity index is 2.45. The van der Waals surface area contributed by atoms with Gasteiger partial charge in [0, 0.05) is 16.7 Å². The smallest absolute Gasteiger partial charge is 0.391 e. The number of benzene rings is 2. The summed E-state index contributed by atoms with van der Waals surface area (Å²) in [5.74, 6) is 0.307. The van der Waals surface area contributed by atoms with E-state index in [0.29, 0.717) is 16.9 Å². The van der Waals surface area contributed by atoms with E-state index in [1.54, 1.807) is 30.3 Å². The molecule has 0 saturated carbocycles. The summed E-state index contributed by atoms with van der Waals surface area (Å²) in [5.41, 5.74) is 1.62. The molecule has 0 heterocycles. The maximum atomic E-state index is 12.5.